The standard InChI is InChI=1S/C14H21N3O/c1-3-16-14(18)12-7-6-11(15)9-13(12)17-8-4-5-10(17)2/h6-7,9-10H,3-5,8,15H2,1-2H3,(H,16,18). The molecule has 1 amide bonds. The number of anilines is 2. The molecule has 98 valence electrons. The maximum absolute atomic E-state index is 12.1. The lowest BCUT2D eigenvalue weighted by Crippen LogP contribution is -2.31. The molecule has 0 radical (unpaired) electrons. The summed E-state index contributed by atoms with van der Waals surface area (Å²) in [6.45, 7) is 5.75. The third kappa shape index (κ3) is 2.42. The van der Waals surface area contributed by atoms with Gasteiger partial charge in [0.05, 0.1) is 11.3 Å². The zero-order chi connectivity index (χ0) is 13.1. The summed E-state index contributed by atoms with van der Waals surface area (Å²) in [5, 5.41) is 2.85. The highest BCUT2D eigenvalue weighted by Gasteiger charge is 2.24. The average molecular weight is 247 g/mol. The summed E-state index contributed by atoms with van der Waals surface area (Å²) in [6.07, 6.45) is 2.34. The first-order valence-corrected chi connectivity index (χ1v) is 6.58. The number of amides is 1. The molecule has 1 unspecified atom stereocenters. The van der Waals surface area contributed by atoms with Crippen LogP contribution in [0.2, 0.25) is 0 Å². The number of carbonyl (C=O) groups excluding carboxylic acids is 1. The fourth-order valence-corrected chi connectivity index (χ4v) is 2.53. The van der Waals surface area contributed by atoms with E-state index in [0.717, 1.165) is 17.8 Å². The van der Waals surface area contributed by atoms with Crippen molar-refractivity contribution in [3.8, 4) is 0 Å². The number of hydrogen-bond donors (Lipinski definition) is 2. The molecule has 1 aromatic rings. The van der Waals surface area contributed by atoms with Crippen molar-refractivity contribution in [2.24, 2.45) is 0 Å². The molecule has 1 heterocycles. The van der Waals surface area contributed by atoms with E-state index in [0.29, 0.717) is 18.3 Å². The van der Waals surface area contributed by atoms with Crippen LogP contribution < -0.4 is 16.0 Å². The maximum Gasteiger partial charge on any atom is 0.253 e. The van der Waals surface area contributed by atoms with Crippen LogP contribution in [0.25, 0.3) is 0 Å². The van der Waals surface area contributed by atoms with E-state index < -0.39 is 0 Å². The Hall–Kier alpha value is -1.71. The second-order valence-electron chi connectivity index (χ2n) is 4.82. The van der Waals surface area contributed by atoms with Gasteiger partial charge in [0.1, 0.15) is 0 Å². The van der Waals surface area contributed by atoms with Gasteiger partial charge in [-0.25, -0.2) is 0 Å². The third-order valence-corrected chi connectivity index (χ3v) is 3.47. The SMILES string of the molecule is CCNC(=O)c1ccc(N)cc1N1CCCC1C. The number of hydrogen-bond acceptors (Lipinski definition) is 3. The van der Waals surface area contributed by atoms with E-state index in [1.807, 2.05) is 19.1 Å². The van der Waals surface area contributed by atoms with Gasteiger partial charge in [0.2, 0.25) is 0 Å². The molecule has 0 spiro atoms. The Balaban J connectivity index is 2.37. The highest BCUT2D eigenvalue weighted by molar-refractivity contribution is 6.00. The van der Waals surface area contributed by atoms with Gasteiger partial charge < -0.3 is 16.0 Å². The Morgan fingerprint density at radius 2 is 2.33 bits per heavy atom. The lowest BCUT2D eigenvalue weighted by molar-refractivity contribution is 0.0956. The summed E-state index contributed by atoms with van der Waals surface area (Å²) in [4.78, 5) is 14.3. The molecule has 1 aliphatic rings. The predicted octanol–water partition coefficient (Wildman–Crippen LogP) is 2.01. The fourth-order valence-electron chi connectivity index (χ4n) is 2.53. The van der Waals surface area contributed by atoms with E-state index in [2.05, 4.69) is 17.1 Å². The second kappa shape index (κ2) is 5.29. The third-order valence-electron chi connectivity index (χ3n) is 3.47. The molecule has 1 aliphatic heterocycles. The van der Waals surface area contributed by atoms with Crippen molar-refractivity contribution in [1.82, 2.24) is 5.32 Å². The minimum Gasteiger partial charge on any atom is -0.399 e. The second-order valence-corrected chi connectivity index (χ2v) is 4.82. The number of carbonyl (C=O) groups is 1. The first kappa shape index (κ1) is 12.7. The van der Waals surface area contributed by atoms with Gasteiger partial charge in [0.15, 0.2) is 0 Å². The minimum absolute atomic E-state index is 0.0217. The van der Waals surface area contributed by atoms with Gasteiger partial charge in [0.25, 0.3) is 5.91 Å². The fraction of sp³-hybridized carbons (Fsp3) is 0.500. The van der Waals surface area contributed by atoms with E-state index in [4.69, 9.17) is 5.73 Å². The summed E-state index contributed by atoms with van der Waals surface area (Å²) in [5.74, 6) is -0.0217. The smallest absolute Gasteiger partial charge is 0.253 e. The number of benzene rings is 1. The number of rotatable bonds is 3. The largest absolute Gasteiger partial charge is 0.399 e. The van der Waals surface area contributed by atoms with Crippen LogP contribution in [0, 0.1) is 0 Å². The van der Waals surface area contributed by atoms with Gasteiger partial charge in [-0.1, -0.05) is 0 Å². The Kier molecular flexibility index (Phi) is 3.75. The van der Waals surface area contributed by atoms with Gasteiger partial charge in [-0.15, -0.1) is 0 Å². The van der Waals surface area contributed by atoms with Gasteiger partial charge in [-0.3, -0.25) is 4.79 Å². The highest BCUT2D eigenvalue weighted by atomic mass is 16.1. The van der Waals surface area contributed by atoms with Gasteiger partial charge in [-0.05, 0) is 44.9 Å². The topological polar surface area (TPSA) is 58.4 Å². The molecule has 0 aromatic heterocycles. The van der Waals surface area contributed by atoms with Crippen molar-refractivity contribution >= 4 is 17.3 Å². The zero-order valence-corrected chi connectivity index (χ0v) is 11.1. The van der Waals surface area contributed by atoms with E-state index >= 15 is 0 Å². The number of nitrogen functional groups attached to an aromatic ring is 1. The van der Waals surface area contributed by atoms with E-state index in [1.165, 1.54) is 12.8 Å². The maximum atomic E-state index is 12.1. The van der Waals surface area contributed by atoms with Crippen molar-refractivity contribution in [3.05, 3.63) is 23.8 Å². The Morgan fingerprint density at radius 3 is 2.94 bits per heavy atom. The first-order chi connectivity index (χ1) is 8.63. The van der Waals surface area contributed by atoms with Crippen molar-refractivity contribution in [1.29, 1.82) is 0 Å². The number of nitrogens with zero attached hydrogens (tertiary/aromatic N) is 1. The molecule has 0 aliphatic carbocycles. The molecule has 1 fully saturated rings. The Morgan fingerprint density at radius 1 is 1.56 bits per heavy atom. The Bertz CT molecular complexity index is 445. The molecule has 0 bridgehead atoms. The summed E-state index contributed by atoms with van der Waals surface area (Å²) >= 11 is 0. The van der Waals surface area contributed by atoms with Crippen LogP contribution in [0.5, 0.6) is 0 Å². The van der Waals surface area contributed by atoms with Crippen molar-refractivity contribution < 1.29 is 4.79 Å². The molecule has 1 aromatic carbocycles. The lowest BCUT2D eigenvalue weighted by atomic mass is 10.1. The molecule has 18 heavy (non-hydrogen) atoms. The molecule has 1 saturated heterocycles. The molecule has 3 N–H and O–H groups in total. The van der Waals surface area contributed by atoms with Crippen LogP contribution >= 0.6 is 0 Å². The molecule has 0 saturated carbocycles. The lowest BCUT2D eigenvalue weighted by Gasteiger charge is -2.26. The van der Waals surface area contributed by atoms with E-state index in [9.17, 15) is 4.79 Å². The highest BCUT2D eigenvalue weighted by Crippen LogP contribution is 2.30. The van der Waals surface area contributed by atoms with Gasteiger partial charge in [0, 0.05) is 24.8 Å². The van der Waals surface area contributed by atoms with Gasteiger partial charge in [-0.2, -0.15) is 0 Å². The molecular formula is C14H21N3O. The van der Waals surface area contributed by atoms with Crippen LogP contribution in [0.1, 0.15) is 37.0 Å². The monoisotopic (exact) mass is 247 g/mol. The summed E-state index contributed by atoms with van der Waals surface area (Å²) in [6, 6.07) is 5.99. The predicted molar refractivity (Wildman–Crippen MR) is 74.9 cm³/mol. The normalized spacial score (nSPS) is 19.0. The molecule has 4 nitrogen and oxygen atoms in total. The molecule has 2 rings (SSSR count). The minimum atomic E-state index is -0.0217. The molecule has 1 atom stereocenters. The van der Waals surface area contributed by atoms with Crippen LogP contribution in [-0.4, -0.2) is 25.0 Å². The quantitative estimate of drug-likeness (QED) is 0.803. The average Bonchev–Trinajstić information content (AvgIpc) is 2.75. The van der Waals surface area contributed by atoms with Crippen molar-refractivity contribution in [2.45, 2.75) is 32.7 Å². The zero-order valence-electron chi connectivity index (χ0n) is 11.1. The van der Waals surface area contributed by atoms with Crippen LogP contribution in [-0.2, 0) is 0 Å². The van der Waals surface area contributed by atoms with Crippen molar-refractivity contribution in [2.75, 3.05) is 23.7 Å². The number of nitrogens with two attached hydrogens (primary N) is 1. The molecule has 4 heteroatoms. The van der Waals surface area contributed by atoms with Crippen LogP contribution in [0.4, 0.5) is 11.4 Å². The Labute approximate surface area is 108 Å². The van der Waals surface area contributed by atoms with E-state index in [1.54, 1.807) is 6.07 Å². The summed E-state index contributed by atoms with van der Waals surface area (Å²) < 4.78 is 0. The van der Waals surface area contributed by atoms with Crippen LogP contribution in [0.15, 0.2) is 18.2 Å². The summed E-state index contributed by atoms with van der Waals surface area (Å²) in [7, 11) is 0. The summed E-state index contributed by atoms with van der Waals surface area (Å²) in [5.41, 5.74) is 8.25. The number of nitrogens with one attached hydrogen (secondary N) is 1. The first-order valence-electron chi connectivity index (χ1n) is 6.58. The van der Waals surface area contributed by atoms with Crippen molar-refractivity contribution in [3.63, 3.8) is 0 Å². The van der Waals surface area contributed by atoms with E-state index in [-0.39, 0.29) is 5.91 Å². The van der Waals surface area contributed by atoms with Crippen LogP contribution in [0.3, 0.4) is 0 Å². The molecular weight excluding hydrogens is 226 g/mol. The van der Waals surface area contributed by atoms with Gasteiger partial charge >= 0.3 is 0 Å².